The zero-order valence-corrected chi connectivity index (χ0v) is 17.6. The van der Waals surface area contributed by atoms with Gasteiger partial charge in [0.25, 0.3) is 5.91 Å². The molecule has 0 fully saturated rings. The molecular formula is C25H21N3O4. The van der Waals surface area contributed by atoms with Gasteiger partial charge in [-0.05, 0) is 55.0 Å². The molecule has 0 saturated heterocycles. The van der Waals surface area contributed by atoms with Crippen LogP contribution < -0.4 is 14.9 Å². The highest BCUT2D eigenvalue weighted by Gasteiger charge is 2.17. The number of carbonyl (C=O) groups is 1. The number of rotatable bonds is 4. The van der Waals surface area contributed by atoms with E-state index in [0.29, 0.717) is 5.75 Å². The van der Waals surface area contributed by atoms with Crippen molar-refractivity contribution in [1.29, 1.82) is 0 Å². The van der Waals surface area contributed by atoms with Gasteiger partial charge >= 0.3 is 0 Å². The van der Waals surface area contributed by atoms with E-state index in [-0.39, 0.29) is 18.1 Å². The Balaban J connectivity index is 1.37. The fraction of sp³-hybridized carbons (Fsp3) is 0.120. The summed E-state index contributed by atoms with van der Waals surface area (Å²) in [5, 5.41) is 16.1. The van der Waals surface area contributed by atoms with Crippen molar-refractivity contribution in [3.05, 3.63) is 83.2 Å². The normalized spacial score (nSPS) is 12.6. The average molecular weight is 427 g/mol. The van der Waals surface area contributed by atoms with E-state index < -0.39 is 5.91 Å². The number of carbonyl (C=O) groups excluding carboxylic acids is 1. The van der Waals surface area contributed by atoms with Crippen LogP contribution in [0.2, 0.25) is 0 Å². The number of nitrogens with zero attached hydrogens (tertiary/aromatic N) is 2. The number of aromatic nitrogens is 1. The molecule has 0 unspecified atom stereocenters. The number of aryl methyl sites for hydroxylation is 1. The first kappa shape index (κ1) is 19.7. The second kappa shape index (κ2) is 7.77. The quantitative estimate of drug-likeness (QED) is 0.372. The molecule has 32 heavy (non-hydrogen) atoms. The molecule has 0 spiro atoms. The van der Waals surface area contributed by atoms with Crippen LogP contribution in [0.1, 0.15) is 27.3 Å². The number of amides is 1. The molecule has 0 aliphatic carbocycles. The van der Waals surface area contributed by atoms with E-state index in [9.17, 15) is 9.90 Å². The summed E-state index contributed by atoms with van der Waals surface area (Å²) >= 11 is 0. The first-order chi connectivity index (χ1) is 15.5. The van der Waals surface area contributed by atoms with Crippen molar-refractivity contribution < 1.29 is 19.4 Å². The van der Waals surface area contributed by atoms with Crippen molar-refractivity contribution in [2.75, 3.05) is 6.79 Å². The summed E-state index contributed by atoms with van der Waals surface area (Å²) in [5.74, 6) is 0.886. The van der Waals surface area contributed by atoms with Gasteiger partial charge in [-0.15, -0.1) is 0 Å². The topological polar surface area (TPSA) is 85.1 Å². The van der Waals surface area contributed by atoms with Crippen molar-refractivity contribution >= 4 is 22.9 Å². The number of ether oxygens (including phenoxy) is 2. The van der Waals surface area contributed by atoms with Gasteiger partial charge < -0.3 is 19.1 Å². The summed E-state index contributed by atoms with van der Waals surface area (Å²) in [6, 6.07) is 18.6. The lowest BCUT2D eigenvalue weighted by Gasteiger charge is -2.10. The fourth-order valence-electron chi connectivity index (χ4n) is 3.97. The fourth-order valence-corrected chi connectivity index (χ4v) is 3.97. The summed E-state index contributed by atoms with van der Waals surface area (Å²) in [5.41, 5.74) is 6.48. The summed E-state index contributed by atoms with van der Waals surface area (Å²) in [7, 11) is 0. The molecule has 0 atom stereocenters. The van der Waals surface area contributed by atoms with Crippen molar-refractivity contribution in [1.82, 2.24) is 9.99 Å². The molecule has 1 amide bonds. The van der Waals surface area contributed by atoms with Crippen molar-refractivity contribution in [2.24, 2.45) is 5.10 Å². The van der Waals surface area contributed by atoms with E-state index in [1.807, 2.05) is 62.4 Å². The Morgan fingerprint density at radius 3 is 2.59 bits per heavy atom. The largest absolute Gasteiger partial charge is 0.507 e. The molecule has 4 aromatic rings. The number of hydrazone groups is 1. The predicted molar refractivity (Wildman–Crippen MR) is 122 cm³/mol. The molecule has 1 aliphatic rings. The number of phenolic OH excluding ortho intramolecular Hbond substituents is 1. The van der Waals surface area contributed by atoms with Crippen LogP contribution in [0.5, 0.6) is 17.2 Å². The Kier molecular flexibility index (Phi) is 4.78. The molecule has 1 aliphatic heterocycles. The predicted octanol–water partition coefficient (Wildman–Crippen LogP) is 4.45. The van der Waals surface area contributed by atoms with Gasteiger partial charge in [0.15, 0.2) is 11.5 Å². The molecule has 1 aromatic heterocycles. The van der Waals surface area contributed by atoms with E-state index >= 15 is 0 Å². The Bertz CT molecular complexity index is 1390. The standard InChI is InChI=1S/C25H21N3O4/c1-15-9-19(16(2)28(15)20-7-8-23-24(12-20)32-14-31-23)13-26-27-25(30)21-10-17-5-3-4-6-18(17)11-22(21)29/h3-13,29H,14H2,1-2H3,(H,27,30). The van der Waals surface area contributed by atoms with Crippen LogP contribution in [-0.2, 0) is 0 Å². The average Bonchev–Trinajstić information content (AvgIpc) is 3.36. The van der Waals surface area contributed by atoms with Crippen molar-refractivity contribution in [2.45, 2.75) is 13.8 Å². The Morgan fingerprint density at radius 2 is 1.78 bits per heavy atom. The second-order valence-corrected chi connectivity index (χ2v) is 7.62. The lowest BCUT2D eigenvalue weighted by molar-refractivity contribution is 0.0952. The molecule has 5 rings (SSSR count). The monoisotopic (exact) mass is 427 g/mol. The summed E-state index contributed by atoms with van der Waals surface area (Å²) in [4.78, 5) is 12.6. The van der Waals surface area contributed by atoms with Crippen molar-refractivity contribution in [3.63, 3.8) is 0 Å². The molecule has 0 bridgehead atoms. The number of hydrogen-bond acceptors (Lipinski definition) is 5. The summed E-state index contributed by atoms with van der Waals surface area (Å²) in [6.07, 6.45) is 1.60. The van der Waals surface area contributed by atoms with Gasteiger partial charge in [-0.2, -0.15) is 5.10 Å². The van der Waals surface area contributed by atoms with Crippen LogP contribution in [0.4, 0.5) is 0 Å². The maximum atomic E-state index is 12.6. The number of hydrogen-bond donors (Lipinski definition) is 2. The SMILES string of the molecule is Cc1cc(C=NNC(=O)c2cc3ccccc3cc2O)c(C)n1-c1ccc2c(c1)OCO2. The zero-order valence-electron chi connectivity index (χ0n) is 17.6. The molecule has 160 valence electrons. The summed E-state index contributed by atoms with van der Waals surface area (Å²) in [6.45, 7) is 4.21. The highest BCUT2D eigenvalue weighted by molar-refractivity contribution is 6.01. The number of fused-ring (bicyclic) bond motifs is 2. The first-order valence-corrected chi connectivity index (χ1v) is 10.2. The third kappa shape index (κ3) is 3.43. The van der Waals surface area contributed by atoms with Gasteiger partial charge in [0.05, 0.1) is 11.8 Å². The van der Waals surface area contributed by atoms with Crippen LogP contribution in [-0.4, -0.2) is 28.6 Å². The minimum absolute atomic E-state index is 0.0858. The first-order valence-electron chi connectivity index (χ1n) is 10.2. The minimum Gasteiger partial charge on any atom is -0.507 e. The third-order valence-corrected chi connectivity index (χ3v) is 5.56. The smallest absolute Gasteiger partial charge is 0.275 e. The maximum Gasteiger partial charge on any atom is 0.275 e. The molecule has 0 saturated carbocycles. The lowest BCUT2D eigenvalue weighted by atomic mass is 10.1. The van der Waals surface area contributed by atoms with Gasteiger partial charge in [0, 0.05) is 28.7 Å². The number of nitrogens with one attached hydrogen (secondary N) is 1. The number of benzene rings is 3. The van der Waals surface area contributed by atoms with Gasteiger partial charge in [-0.25, -0.2) is 5.43 Å². The van der Waals surface area contributed by atoms with E-state index in [1.54, 1.807) is 18.3 Å². The van der Waals surface area contributed by atoms with E-state index in [4.69, 9.17) is 9.47 Å². The molecule has 3 aromatic carbocycles. The highest BCUT2D eigenvalue weighted by atomic mass is 16.7. The van der Waals surface area contributed by atoms with Crippen LogP contribution in [0.15, 0.2) is 65.8 Å². The molecule has 0 radical (unpaired) electrons. The zero-order chi connectivity index (χ0) is 22.2. The van der Waals surface area contributed by atoms with Gasteiger partial charge in [0.1, 0.15) is 5.75 Å². The molecule has 2 N–H and O–H groups in total. The Labute approximate surface area is 184 Å². The van der Waals surface area contributed by atoms with E-state index in [0.717, 1.165) is 39.2 Å². The Hall–Kier alpha value is -4.26. The van der Waals surface area contributed by atoms with Gasteiger partial charge in [-0.1, -0.05) is 24.3 Å². The minimum atomic E-state index is -0.478. The Morgan fingerprint density at radius 1 is 1.03 bits per heavy atom. The molecule has 7 nitrogen and oxygen atoms in total. The second-order valence-electron chi connectivity index (χ2n) is 7.62. The number of phenols is 1. The molecule has 2 heterocycles. The van der Waals surface area contributed by atoms with Crippen LogP contribution in [0, 0.1) is 13.8 Å². The third-order valence-electron chi connectivity index (χ3n) is 5.56. The van der Waals surface area contributed by atoms with Crippen molar-refractivity contribution in [3.8, 4) is 22.9 Å². The van der Waals surface area contributed by atoms with Gasteiger partial charge in [-0.3, -0.25) is 4.79 Å². The number of aromatic hydroxyl groups is 1. The highest BCUT2D eigenvalue weighted by Crippen LogP contribution is 2.34. The van der Waals surface area contributed by atoms with Crippen LogP contribution in [0.25, 0.3) is 16.5 Å². The maximum absolute atomic E-state index is 12.6. The lowest BCUT2D eigenvalue weighted by Crippen LogP contribution is -2.17. The molecule has 7 heteroatoms. The van der Waals surface area contributed by atoms with Gasteiger partial charge in [0.2, 0.25) is 6.79 Å². The summed E-state index contributed by atoms with van der Waals surface area (Å²) < 4.78 is 13.0. The van der Waals surface area contributed by atoms with Crippen LogP contribution >= 0.6 is 0 Å². The molecular weight excluding hydrogens is 406 g/mol. The van der Waals surface area contributed by atoms with Crippen LogP contribution in [0.3, 0.4) is 0 Å². The van der Waals surface area contributed by atoms with E-state index in [1.165, 1.54) is 0 Å². The van der Waals surface area contributed by atoms with E-state index in [2.05, 4.69) is 15.1 Å².